The zero-order chi connectivity index (χ0) is 14.6. The molecule has 0 bridgehead atoms. The molecule has 0 aromatic heterocycles. The van der Waals surface area contributed by atoms with Crippen LogP contribution in [0.15, 0.2) is 28.7 Å². The Morgan fingerprint density at radius 1 is 1.40 bits per heavy atom. The Labute approximate surface area is 130 Å². The molecule has 0 amide bonds. The number of nitrogens with zero attached hydrogens (tertiary/aromatic N) is 1. The fourth-order valence-electron chi connectivity index (χ4n) is 2.76. The van der Waals surface area contributed by atoms with Crippen LogP contribution >= 0.6 is 15.9 Å². The first kappa shape index (κ1) is 16.0. The highest BCUT2D eigenvalue weighted by atomic mass is 79.9. The van der Waals surface area contributed by atoms with Crippen LogP contribution in [0.3, 0.4) is 0 Å². The molecule has 1 fully saturated rings. The van der Waals surface area contributed by atoms with Crippen LogP contribution in [-0.2, 0) is 4.74 Å². The minimum absolute atomic E-state index is 0.0648. The smallest absolute Gasteiger partial charge is 0.0579 e. The summed E-state index contributed by atoms with van der Waals surface area (Å²) in [6, 6.07) is 8.70. The molecule has 2 rings (SSSR count). The quantitative estimate of drug-likeness (QED) is 0.826. The van der Waals surface area contributed by atoms with E-state index in [1.807, 2.05) is 6.07 Å². The van der Waals surface area contributed by atoms with Crippen LogP contribution in [0.1, 0.15) is 31.9 Å². The molecule has 1 aliphatic heterocycles. The molecule has 112 valence electrons. The maximum atomic E-state index is 9.64. The SMILES string of the molecule is CCCN(CC1(CO)COC1)C(C)c1ccccc1Br. The molecule has 1 aromatic rings. The van der Waals surface area contributed by atoms with Gasteiger partial charge in [0.15, 0.2) is 0 Å². The van der Waals surface area contributed by atoms with Crippen molar-refractivity contribution < 1.29 is 9.84 Å². The maximum absolute atomic E-state index is 9.64. The van der Waals surface area contributed by atoms with Crippen molar-refractivity contribution in [3.8, 4) is 0 Å². The average molecular weight is 342 g/mol. The number of halogens is 1. The lowest BCUT2D eigenvalue weighted by Gasteiger charge is -2.45. The molecular formula is C16H24BrNO2. The van der Waals surface area contributed by atoms with Crippen molar-refractivity contribution in [1.82, 2.24) is 4.90 Å². The van der Waals surface area contributed by atoms with Crippen LogP contribution in [0.25, 0.3) is 0 Å². The molecule has 0 saturated carbocycles. The van der Waals surface area contributed by atoms with Crippen LogP contribution in [0.2, 0.25) is 0 Å². The topological polar surface area (TPSA) is 32.7 Å². The van der Waals surface area contributed by atoms with E-state index in [2.05, 4.69) is 52.9 Å². The second kappa shape index (κ2) is 7.03. The molecular weight excluding hydrogens is 318 g/mol. The maximum Gasteiger partial charge on any atom is 0.0579 e. The Balaban J connectivity index is 2.13. The van der Waals surface area contributed by atoms with E-state index < -0.39 is 0 Å². The van der Waals surface area contributed by atoms with Gasteiger partial charge in [0.1, 0.15) is 0 Å². The van der Waals surface area contributed by atoms with Crippen molar-refractivity contribution in [3.05, 3.63) is 34.3 Å². The first-order chi connectivity index (χ1) is 9.62. The van der Waals surface area contributed by atoms with Gasteiger partial charge in [-0.05, 0) is 31.5 Å². The van der Waals surface area contributed by atoms with Crippen LogP contribution in [0, 0.1) is 5.41 Å². The van der Waals surface area contributed by atoms with Crippen molar-refractivity contribution in [2.24, 2.45) is 5.41 Å². The molecule has 1 atom stereocenters. The van der Waals surface area contributed by atoms with E-state index in [1.165, 1.54) is 5.56 Å². The predicted molar refractivity (Wildman–Crippen MR) is 84.8 cm³/mol. The van der Waals surface area contributed by atoms with Gasteiger partial charge in [-0.3, -0.25) is 4.90 Å². The van der Waals surface area contributed by atoms with E-state index in [0.29, 0.717) is 19.3 Å². The van der Waals surface area contributed by atoms with E-state index >= 15 is 0 Å². The lowest BCUT2D eigenvalue weighted by molar-refractivity contribution is -0.151. The van der Waals surface area contributed by atoms with Crippen molar-refractivity contribution in [2.75, 3.05) is 32.9 Å². The number of aliphatic hydroxyl groups is 1. The summed E-state index contributed by atoms with van der Waals surface area (Å²) in [6.07, 6.45) is 1.11. The van der Waals surface area contributed by atoms with E-state index in [-0.39, 0.29) is 12.0 Å². The molecule has 20 heavy (non-hydrogen) atoms. The number of benzene rings is 1. The summed E-state index contributed by atoms with van der Waals surface area (Å²) in [6.45, 7) is 7.90. The van der Waals surface area contributed by atoms with Gasteiger partial charge >= 0.3 is 0 Å². The molecule has 0 spiro atoms. The predicted octanol–water partition coefficient (Wildman–Crippen LogP) is 3.23. The van der Waals surface area contributed by atoms with Crippen LogP contribution in [0.4, 0.5) is 0 Å². The zero-order valence-corrected chi connectivity index (χ0v) is 13.9. The fraction of sp³-hybridized carbons (Fsp3) is 0.625. The Kier molecular flexibility index (Phi) is 5.61. The third-order valence-electron chi connectivity index (χ3n) is 4.10. The summed E-state index contributed by atoms with van der Waals surface area (Å²) in [4.78, 5) is 2.46. The number of rotatable bonds is 7. The summed E-state index contributed by atoms with van der Waals surface area (Å²) in [5, 5.41) is 9.64. The monoisotopic (exact) mass is 341 g/mol. The molecule has 4 heteroatoms. The van der Waals surface area contributed by atoms with Crippen LogP contribution < -0.4 is 0 Å². The Bertz CT molecular complexity index is 429. The minimum Gasteiger partial charge on any atom is -0.396 e. The van der Waals surface area contributed by atoms with E-state index in [1.54, 1.807) is 0 Å². The van der Waals surface area contributed by atoms with Gasteiger partial charge in [-0.25, -0.2) is 0 Å². The highest BCUT2D eigenvalue weighted by Gasteiger charge is 2.40. The Morgan fingerprint density at radius 3 is 2.60 bits per heavy atom. The highest BCUT2D eigenvalue weighted by Crippen LogP contribution is 2.33. The van der Waals surface area contributed by atoms with E-state index in [4.69, 9.17) is 4.74 Å². The first-order valence-electron chi connectivity index (χ1n) is 7.29. The Hall–Kier alpha value is -0.420. The van der Waals surface area contributed by atoms with Crippen LogP contribution in [0.5, 0.6) is 0 Å². The number of hydrogen-bond donors (Lipinski definition) is 1. The van der Waals surface area contributed by atoms with Crippen LogP contribution in [-0.4, -0.2) is 42.9 Å². The lowest BCUT2D eigenvalue weighted by atomic mass is 9.85. The molecule has 1 saturated heterocycles. The summed E-state index contributed by atoms with van der Waals surface area (Å²) in [7, 11) is 0. The number of ether oxygens (including phenoxy) is 1. The van der Waals surface area contributed by atoms with Gasteiger partial charge in [0.25, 0.3) is 0 Å². The second-order valence-electron chi connectivity index (χ2n) is 5.82. The third kappa shape index (κ3) is 3.42. The molecule has 0 aliphatic carbocycles. The van der Waals surface area contributed by atoms with Crippen molar-refractivity contribution in [1.29, 1.82) is 0 Å². The lowest BCUT2D eigenvalue weighted by Crippen LogP contribution is -2.53. The molecule has 1 aliphatic rings. The zero-order valence-electron chi connectivity index (χ0n) is 12.3. The van der Waals surface area contributed by atoms with E-state index in [0.717, 1.165) is 24.0 Å². The summed E-state index contributed by atoms with van der Waals surface area (Å²) in [5.74, 6) is 0. The van der Waals surface area contributed by atoms with Gasteiger partial charge in [0.2, 0.25) is 0 Å². The number of hydrogen-bond acceptors (Lipinski definition) is 3. The normalized spacial score (nSPS) is 18.9. The van der Waals surface area contributed by atoms with Gasteiger partial charge < -0.3 is 9.84 Å². The van der Waals surface area contributed by atoms with Crippen molar-refractivity contribution in [3.63, 3.8) is 0 Å². The Morgan fingerprint density at radius 2 is 2.10 bits per heavy atom. The number of aliphatic hydroxyl groups excluding tert-OH is 1. The van der Waals surface area contributed by atoms with Gasteiger partial charge in [-0.15, -0.1) is 0 Å². The standard InChI is InChI=1S/C16H24BrNO2/c1-3-8-18(9-16(10-19)11-20-12-16)13(2)14-6-4-5-7-15(14)17/h4-7,13,19H,3,8-12H2,1-2H3. The highest BCUT2D eigenvalue weighted by molar-refractivity contribution is 9.10. The van der Waals surface area contributed by atoms with E-state index in [9.17, 15) is 5.11 Å². The average Bonchev–Trinajstić information content (AvgIpc) is 2.41. The first-order valence-corrected chi connectivity index (χ1v) is 8.08. The second-order valence-corrected chi connectivity index (χ2v) is 6.67. The van der Waals surface area contributed by atoms with Crippen molar-refractivity contribution >= 4 is 15.9 Å². The van der Waals surface area contributed by atoms with Gasteiger partial charge in [-0.1, -0.05) is 41.1 Å². The molecule has 1 N–H and O–H groups in total. The van der Waals surface area contributed by atoms with Gasteiger partial charge in [0.05, 0.1) is 25.2 Å². The molecule has 0 radical (unpaired) electrons. The molecule has 1 aromatic carbocycles. The third-order valence-corrected chi connectivity index (χ3v) is 4.83. The summed E-state index contributed by atoms with van der Waals surface area (Å²) >= 11 is 3.64. The molecule has 1 unspecified atom stereocenters. The van der Waals surface area contributed by atoms with Gasteiger partial charge in [0, 0.05) is 17.1 Å². The fourth-order valence-corrected chi connectivity index (χ4v) is 3.38. The van der Waals surface area contributed by atoms with Gasteiger partial charge in [-0.2, -0.15) is 0 Å². The summed E-state index contributed by atoms with van der Waals surface area (Å²) in [5.41, 5.74) is 1.24. The largest absolute Gasteiger partial charge is 0.396 e. The molecule has 1 heterocycles. The summed E-state index contributed by atoms with van der Waals surface area (Å²) < 4.78 is 6.47. The molecule has 3 nitrogen and oxygen atoms in total. The minimum atomic E-state index is -0.0648. The van der Waals surface area contributed by atoms with Crippen molar-refractivity contribution in [2.45, 2.75) is 26.3 Å².